The second-order valence-corrected chi connectivity index (χ2v) is 12.6. The monoisotopic (exact) mass is 526 g/mol. The number of benzene rings is 4. The van der Waals surface area contributed by atoms with Crippen LogP contribution in [0, 0.1) is 17.8 Å². The summed E-state index contributed by atoms with van der Waals surface area (Å²) < 4.78 is 4.93. The molecule has 4 aliphatic rings. The van der Waals surface area contributed by atoms with Crippen molar-refractivity contribution in [3.63, 3.8) is 0 Å². The maximum absolute atomic E-state index is 2.47. The topological polar surface area (TPSA) is 9.86 Å². The molecule has 2 heterocycles. The molecule has 5 atom stereocenters. The Balaban J connectivity index is 1.03. The lowest BCUT2D eigenvalue weighted by Crippen LogP contribution is -2.00. The third kappa shape index (κ3) is 2.97. The largest absolute Gasteiger partial charge is 0.310 e. The van der Waals surface area contributed by atoms with E-state index >= 15 is 0 Å². The lowest BCUT2D eigenvalue weighted by Gasteiger charge is -2.14. The number of allylic oxidation sites excluding steroid dienone is 2. The van der Waals surface area contributed by atoms with Gasteiger partial charge in [0, 0.05) is 22.1 Å². The summed E-state index contributed by atoms with van der Waals surface area (Å²) in [4.78, 5) is 0. The summed E-state index contributed by atoms with van der Waals surface area (Å²) >= 11 is 0. The predicted molar refractivity (Wildman–Crippen MR) is 170 cm³/mol. The van der Waals surface area contributed by atoms with Gasteiger partial charge in [-0.25, -0.2) is 0 Å². The van der Waals surface area contributed by atoms with E-state index in [1.165, 1.54) is 62.1 Å². The average molecular weight is 527 g/mol. The number of nitrogens with zero attached hydrogens (tertiary/aromatic N) is 2. The zero-order valence-corrected chi connectivity index (χ0v) is 23.0. The molecule has 5 unspecified atom stereocenters. The second kappa shape index (κ2) is 7.79. The Labute approximate surface area is 239 Å². The third-order valence-corrected chi connectivity index (χ3v) is 10.5. The first-order chi connectivity index (χ1) is 20.3. The minimum atomic E-state index is 0.670. The Kier molecular flexibility index (Phi) is 4.21. The zero-order valence-electron chi connectivity index (χ0n) is 23.0. The van der Waals surface area contributed by atoms with E-state index in [4.69, 9.17) is 0 Å². The van der Waals surface area contributed by atoms with Crippen molar-refractivity contribution < 1.29 is 0 Å². The molecule has 2 nitrogen and oxygen atoms in total. The highest BCUT2D eigenvalue weighted by Crippen LogP contribution is 2.60. The third-order valence-electron chi connectivity index (χ3n) is 10.5. The minimum Gasteiger partial charge on any atom is -0.310 e. The molecule has 0 bridgehead atoms. The van der Waals surface area contributed by atoms with Crippen LogP contribution >= 0.6 is 0 Å². The van der Waals surface area contributed by atoms with Crippen LogP contribution in [0.2, 0.25) is 0 Å². The van der Waals surface area contributed by atoms with E-state index in [1.54, 1.807) is 11.1 Å². The molecule has 196 valence electrons. The molecule has 2 heteroatoms. The Morgan fingerprint density at radius 3 is 1.76 bits per heavy atom. The van der Waals surface area contributed by atoms with Crippen LogP contribution in [0.15, 0.2) is 109 Å². The van der Waals surface area contributed by atoms with Gasteiger partial charge in [0.1, 0.15) is 0 Å². The lowest BCUT2D eigenvalue weighted by molar-refractivity contribution is 0.893. The number of hydrogen-bond acceptors (Lipinski definition) is 0. The molecule has 2 aromatic heterocycles. The van der Waals surface area contributed by atoms with E-state index in [9.17, 15) is 0 Å². The lowest BCUT2D eigenvalue weighted by atomic mass is 10.0. The molecule has 10 rings (SSSR count). The molecule has 4 aromatic carbocycles. The summed E-state index contributed by atoms with van der Waals surface area (Å²) in [5, 5.41) is 2.83. The highest BCUT2D eigenvalue weighted by Gasteiger charge is 2.50. The van der Waals surface area contributed by atoms with Gasteiger partial charge < -0.3 is 9.13 Å². The summed E-state index contributed by atoms with van der Waals surface area (Å²) in [6, 6.07) is 36.1. The van der Waals surface area contributed by atoms with Crippen molar-refractivity contribution in [2.75, 3.05) is 0 Å². The number of fused-ring (bicyclic) bond motifs is 10. The van der Waals surface area contributed by atoms with E-state index in [0.717, 1.165) is 11.8 Å². The maximum Gasteiger partial charge on any atom is 0.0537 e. The van der Waals surface area contributed by atoms with Crippen LogP contribution in [-0.4, -0.2) is 9.13 Å². The highest BCUT2D eigenvalue weighted by atomic mass is 15.0. The van der Waals surface area contributed by atoms with Gasteiger partial charge in [-0.05, 0) is 107 Å². The molecule has 0 amide bonds. The maximum atomic E-state index is 2.47. The molecule has 2 saturated carbocycles. The summed E-state index contributed by atoms with van der Waals surface area (Å²) in [6.07, 6.45) is 10.9. The van der Waals surface area contributed by atoms with Crippen LogP contribution < -0.4 is 0 Å². The van der Waals surface area contributed by atoms with Gasteiger partial charge in [-0.3, -0.25) is 0 Å². The van der Waals surface area contributed by atoms with Gasteiger partial charge in [-0.15, -0.1) is 0 Å². The van der Waals surface area contributed by atoms with Crippen molar-refractivity contribution >= 4 is 34.0 Å². The summed E-state index contributed by atoms with van der Waals surface area (Å²) in [6.45, 7) is 2.40. The molecule has 0 spiro atoms. The van der Waals surface area contributed by atoms with Crippen molar-refractivity contribution in [1.82, 2.24) is 9.13 Å². The van der Waals surface area contributed by atoms with Crippen molar-refractivity contribution in [2.24, 2.45) is 17.8 Å². The number of rotatable bonds is 3. The fourth-order valence-corrected chi connectivity index (χ4v) is 8.22. The van der Waals surface area contributed by atoms with Crippen LogP contribution in [0.3, 0.4) is 0 Å². The molecule has 0 saturated heterocycles. The van der Waals surface area contributed by atoms with Gasteiger partial charge >= 0.3 is 0 Å². The Morgan fingerprint density at radius 2 is 1.12 bits per heavy atom. The van der Waals surface area contributed by atoms with Gasteiger partial charge in [0.05, 0.1) is 22.4 Å². The zero-order chi connectivity index (χ0) is 26.8. The highest BCUT2D eigenvalue weighted by molar-refractivity contribution is 5.93. The Hall–Kier alpha value is -4.56. The second-order valence-electron chi connectivity index (χ2n) is 12.6. The smallest absolute Gasteiger partial charge is 0.0537 e. The van der Waals surface area contributed by atoms with Gasteiger partial charge in [0.25, 0.3) is 0 Å². The molecular weight excluding hydrogens is 496 g/mol. The van der Waals surface area contributed by atoms with Crippen LogP contribution in [-0.2, 0) is 0 Å². The standard InChI is InChI=1S/C39H30N2/c1-23-29-19-21-36-39(37(23)29)31-7-3-5-9-34(31)41(36)28-17-12-25(13-18-28)24-10-15-27(16-11-24)40-33-8-4-2-6-30(33)38-32-22-26(32)14-20-35(38)40/h2-21,23,26,29,32,37H,22H2,1H3. The molecule has 0 N–H and O–H groups in total. The van der Waals surface area contributed by atoms with E-state index < -0.39 is 0 Å². The fourth-order valence-electron chi connectivity index (χ4n) is 8.22. The van der Waals surface area contributed by atoms with Crippen molar-refractivity contribution in [1.29, 1.82) is 0 Å². The first-order valence-corrected chi connectivity index (χ1v) is 15.1. The first-order valence-electron chi connectivity index (χ1n) is 15.1. The SMILES string of the molecule is CC1C2C=Cc3c(c4ccccc4n3-c3ccc(-c4ccc(-n5c6c(c7ccccc75)C5CC5C=C6)cc4)cc3)C12. The van der Waals surface area contributed by atoms with Crippen LogP contribution in [0.1, 0.15) is 47.7 Å². The van der Waals surface area contributed by atoms with Crippen LogP contribution in [0.25, 0.3) is 56.5 Å². The van der Waals surface area contributed by atoms with E-state index in [-0.39, 0.29) is 0 Å². The van der Waals surface area contributed by atoms with E-state index in [2.05, 4.69) is 137 Å². The van der Waals surface area contributed by atoms with Crippen LogP contribution in [0.4, 0.5) is 0 Å². The number of aromatic nitrogens is 2. The average Bonchev–Trinajstić information content (AvgIpc) is 3.88. The van der Waals surface area contributed by atoms with Crippen molar-refractivity contribution in [2.45, 2.75) is 25.2 Å². The normalized spacial score (nSPS) is 24.7. The van der Waals surface area contributed by atoms with Crippen LogP contribution in [0.5, 0.6) is 0 Å². The quantitative estimate of drug-likeness (QED) is 0.217. The predicted octanol–water partition coefficient (Wildman–Crippen LogP) is 9.75. The number of para-hydroxylation sites is 2. The van der Waals surface area contributed by atoms with E-state index in [1.807, 2.05) is 0 Å². The molecule has 2 fully saturated rings. The van der Waals surface area contributed by atoms with Gasteiger partial charge in [0.2, 0.25) is 0 Å². The van der Waals surface area contributed by atoms with Gasteiger partial charge in [0.15, 0.2) is 0 Å². The Morgan fingerprint density at radius 1 is 0.585 bits per heavy atom. The van der Waals surface area contributed by atoms with Gasteiger partial charge in [-0.2, -0.15) is 0 Å². The van der Waals surface area contributed by atoms with Gasteiger partial charge in [-0.1, -0.05) is 79.7 Å². The van der Waals surface area contributed by atoms with Crippen molar-refractivity contribution in [3.8, 4) is 22.5 Å². The summed E-state index contributed by atoms with van der Waals surface area (Å²) in [7, 11) is 0. The van der Waals surface area contributed by atoms with E-state index in [0.29, 0.717) is 17.8 Å². The fraction of sp³-hybridized carbons (Fsp3) is 0.179. The van der Waals surface area contributed by atoms with Crippen molar-refractivity contribution in [3.05, 3.63) is 132 Å². The molecule has 4 aliphatic carbocycles. The first kappa shape index (κ1) is 22.2. The molecule has 6 aromatic rings. The number of hydrogen-bond donors (Lipinski definition) is 0. The molecule has 41 heavy (non-hydrogen) atoms. The molecular formula is C39H30N2. The Bertz CT molecular complexity index is 2100. The summed E-state index contributed by atoms with van der Waals surface area (Å²) in [5.41, 5.74) is 13.4. The minimum absolute atomic E-state index is 0.670. The molecule has 0 aliphatic heterocycles. The molecule has 0 radical (unpaired) electrons. The summed E-state index contributed by atoms with van der Waals surface area (Å²) in [5.74, 6) is 3.57.